The van der Waals surface area contributed by atoms with Crippen LogP contribution in [0.3, 0.4) is 0 Å². The first-order valence-electron chi connectivity index (χ1n) is 7.38. The van der Waals surface area contributed by atoms with Gasteiger partial charge in [0.05, 0.1) is 24.6 Å². The summed E-state index contributed by atoms with van der Waals surface area (Å²) in [5, 5.41) is 8.54. The van der Waals surface area contributed by atoms with Gasteiger partial charge >= 0.3 is 11.9 Å². The third kappa shape index (κ3) is 3.77. The fraction of sp³-hybridized carbons (Fsp3) is 0.467. The summed E-state index contributed by atoms with van der Waals surface area (Å²) in [7, 11) is 0. The molecular formula is C15H20N4O4. The molecule has 23 heavy (non-hydrogen) atoms. The van der Waals surface area contributed by atoms with Crippen LogP contribution in [0.2, 0.25) is 0 Å². The van der Waals surface area contributed by atoms with E-state index in [9.17, 15) is 9.59 Å². The molecular weight excluding hydrogens is 300 g/mol. The van der Waals surface area contributed by atoms with Gasteiger partial charge in [-0.3, -0.25) is 0 Å². The third-order valence-electron chi connectivity index (χ3n) is 3.17. The zero-order valence-corrected chi connectivity index (χ0v) is 13.7. The number of hydrogen-bond acceptors (Lipinski definition) is 6. The quantitative estimate of drug-likeness (QED) is 0.750. The van der Waals surface area contributed by atoms with Crippen LogP contribution in [-0.4, -0.2) is 44.7 Å². The lowest BCUT2D eigenvalue weighted by atomic mass is 10.3. The predicted molar refractivity (Wildman–Crippen MR) is 81.2 cm³/mol. The molecule has 0 atom stereocenters. The lowest BCUT2D eigenvalue weighted by molar-refractivity contribution is 0.0516. The maximum absolute atomic E-state index is 11.8. The van der Waals surface area contributed by atoms with Crippen molar-refractivity contribution >= 4 is 11.9 Å². The van der Waals surface area contributed by atoms with Crippen LogP contribution in [0.5, 0.6) is 0 Å². The van der Waals surface area contributed by atoms with E-state index in [1.54, 1.807) is 49.5 Å². The molecule has 0 spiro atoms. The zero-order chi connectivity index (χ0) is 17.0. The Morgan fingerprint density at radius 2 is 1.30 bits per heavy atom. The molecule has 0 fully saturated rings. The van der Waals surface area contributed by atoms with E-state index >= 15 is 0 Å². The van der Waals surface area contributed by atoms with E-state index in [2.05, 4.69) is 10.2 Å². The van der Waals surface area contributed by atoms with Crippen molar-refractivity contribution in [2.75, 3.05) is 13.2 Å². The van der Waals surface area contributed by atoms with Crippen molar-refractivity contribution in [1.29, 1.82) is 0 Å². The van der Waals surface area contributed by atoms with E-state index in [4.69, 9.17) is 9.47 Å². The molecule has 0 aliphatic carbocycles. The molecule has 8 nitrogen and oxygen atoms in total. The van der Waals surface area contributed by atoms with Crippen molar-refractivity contribution in [3.63, 3.8) is 0 Å². The molecule has 2 aromatic heterocycles. The number of hydrogen-bond donors (Lipinski definition) is 0. The molecule has 8 heteroatoms. The maximum Gasteiger partial charge on any atom is 0.341 e. The summed E-state index contributed by atoms with van der Waals surface area (Å²) in [6, 6.07) is 0. The fourth-order valence-electron chi connectivity index (χ4n) is 2.15. The van der Waals surface area contributed by atoms with Crippen LogP contribution in [0.25, 0.3) is 0 Å². The van der Waals surface area contributed by atoms with Crippen LogP contribution in [0.4, 0.5) is 0 Å². The summed E-state index contributed by atoms with van der Waals surface area (Å²) in [5.41, 5.74) is 2.00. The summed E-state index contributed by atoms with van der Waals surface area (Å²) in [4.78, 5) is 23.6. The van der Waals surface area contributed by atoms with Gasteiger partial charge in [-0.25, -0.2) is 19.0 Å². The minimum absolute atomic E-state index is 0.278. The van der Waals surface area contributed by atoms with Crippen LogP contribution in [0.15, 0.2) is 12.4 Å². The molecule has 2 rings (SSSR count). The van der Waals surface area contributed by atoms with Crippen molar-refractivity contribution in [3.05, 3.63) is 34.9 Å². The van der Waals surface area contributed by atoms with Gasteiger partial charge in [0.1, 0.15) is 17.8 Å². The number of nitrogens with zero attached hydrogens (tertiary/aromatic N) is 4. The molecule has 0 radical (unpaired) electrons. The monoisotopic (exact) mass is 320 g/mol. The van der Waals surface area contributed by atoms with Crippen LogP contribution in [-0.2, 0) is 16.1 Å². The highest BCUT2D eigenvalue weighted by Crippen LogP contribution is 2.10. The van der Waals surface area contributed by atoms with Crippen molar-refractivity contribution in [1.82, 2.24) is 19.6 Å². The molecule has 0 N–H and O–H groups in total. The lowest BCUT2D eigenvalue weighted by Gasteiger charge is -2.01. The van der Waals surface area contributed by atoms with Crippen molar-refractivity contribution in [2.45, 2.75) is 34.4 Å². The highest BCUT2D eigenvalue weighted by Gasteiger charge is 2.17. The second-order valence-corrected chi connectivity index (χ2v) is 4.92. The second kappa shape index (κ2) is 7.08. The lowest BCUT2D eigenvalue weighted by Crippen LogP contribution is -2.10. The molecule has 0 saturated carbocycles. The first kappa shape index (κ1) is 16.7. The molecule has 0 unspecified atom stereocenters. The Morgan fingerprint density at radius 1 is 0.913 bits per heavy atom. The smallest absolute Gasteiger partial charge is 0.341 e. The van der Waals surface area contributed by atoms with E-state index in [-0.39, 0.29) is 6.67 Å². The van der Waals surface area contributed by atoms with Gasteiger partial charge in [0.2, 0.25) is 0 Å². The van der Waals surface area contributed by atoms with Gasteiger partial charge in [0.15, 0.2) is 0 Å². The Balaban J connectivity index is 2.17. The average Bonchev–Trinajstić information content (AvgIpc) is 3.02. The maximum atomic E-state index is 11.8. The predicted octanol–water partition coefficient (Wildman–Crippen LogP) is 1.56. The molecule has 124 valence electrons. The highest BCUT2D eigenvalue weighted by molar-refractivity contribution is 5.90. The van der Waals surface area contributed by atoms with Gasteiger partial charge in [0, 0.05) is 12.4 Å². The number of aryl methyl sites for hydroxylation is 2. The SMILES string of the molecule is CCOC(=O)c1cn(Cn2cc(C(=O)OCC)c(C)n2)nc1C. The molecule has 0 aliphatic rings. The van der Waals surface area contributed by atoms with E-state index < -0.39 is 11.9 Å². The Hall–Kier alpha value is -2.64. The molecule has 0 aromatic carbocycles. The number of carbonyl (C=O) groups is 2. The first-order valence-corrected chi connectivity index (χ1v) is 7.38. The van der Waals surface area contributed by atoms with E-state index in [1.807, 2.05) is 0 Å². The van der Waals surface area contributed by atoms with Crippen molar-refractivity contribution < 1.29 is 19.1 Å². The largest absolute Gasteiger partial charge is 0.462 e. The highest BCUT2D eigenvalue weighted by atomic mass is 16.5. The van der Waals surface area contributed by atoms with Crippen molar-refractivity contribution in [3.8, 4) is 0 Å². The van der Waals surface area contributed by atoms with Crippen LogP contribution in [0, 0.1) is 13.8 Å². The molecule has 0 saturated heterocycles. The van der Waals surface area contributed by atoms with E-state index in [1.165, 1.54) is 0 Å². The number of esters is 2. The first-order chi connectivity index (χ1) is 11.0. The average molecular weight is 320 g/mol. The third-order valence-corrected chi connectivity index (χ3v) is 3.17. The fourth-order valence-corrected chi connectivity index (χ4v) is 2.15. The number of rotatable bonds is 6. The summed E-state index contributed by atoms with van der Waals surface area (Å²) in [6.07, 6.45) is 3.21. The number of ether oxygens (including phenoxy) is 2. The molecule has 2 heterocycles. The zero-order valence-electron chi connectivity index (χ0n) is 13.7. The minimum atomic E-state index is -0.403. The van der Waals surface area contributed by atoms with Gasteiger partial charge in [0.25, 0.3) is 0 Å². The molecule has 0 bridgehead atoms. The topological polar surface area (TPSA) is 88.2 Å². The molecule has 2 aromatic rings. The Morgan fingerprint density at radius 3 is 1.65 bits per heavy atom. The van der Waals surface area contributed by atoms with Gasteiger partial charge in [-0.15, -0.1) is 0 Å². The summed E-state index contributed by atoms with van der Waals surface area (Å²) in [5.74, 6) is -0.805. The Kier molecular flexibility index (Phi) is 5.15. The van der Waals surface area contributed by atoms with Gasteiger partial charge in [-0.1, -0.05) is 0 Å². The molecule has 0 aliphatic heterocycles. The van der Waals surface area contributed by atoms with Crippen LogP contribution in [0.1, 0.15) is 46.0 Å². The van der Waals surface area contributed by atoms with Crippen LogP contribution < -0.4 is 0 Å². The van der Waals surface area contributed by atoms with E-state index in [0.29, 0.717) is 35.7 Å². The van der Waals surface area contributed by atoms with Crippen LogP contribution >= 0.6 is 0 Å². The van der Waals surface area contributed by atoms with E-state index in [0.717, 1.165) is 0 Å². The number of carbonyl (C=O) groups excluding carboxylic acids is 2. The second-order valence-electron chi connectivity index (χ2n) is 4.92. The standard InChI is InChI=1S/C15H20N4O4/c1-5-22-14(20)12-7-18(16-10(12)3)9-19-8-13(11(4)17-19)15(21)23-6-2/h7-8H,5-6,9H2,1-4H3. The van der Waals surface area contributed by atoms with Gasteiger partial charge < -0.3 is 9.47 Å². The summed E-state index contributed by atoms with van der Waals surface area (Å²) >= 11 is 0. The molecule has 0 amide bonds. The number of aromatic nitrogens is 4. The van der Waals surface area contributed by atoms with Gasteiger partial charge in [-0.2, -0.15) is 10.2 Å². The summed E-state index contributed by atoms with van der Waals surface area (Å²) < 4.78 is 13.1. The Bertz CT molecular complexity index is 657. The van der Waals surface area contributed by atoms with Gasteiger partial charge in [-0.05, 0) is 27.7 Å². The Labute approximate surface area is 134 Å². The normalized spacial score (nSPS) is 10.6. The van der Waals surface area contributed by atoms with Crippen molar-refractivity contribution in [2.24, 2.45) is 0 Å². The minimum Gasteiger partial charge on any atom is -0.462 e. The summed E-state index contributed by atoms with van der Waals surface area (Å²) in [6.45, 7) is 7.88.